The zero-order valence-electron chi connectivity index (χ0n) is 17.1. The number of carbonyl (C=O) groups excluding carboxylic acids is 1. The van der Waals surface area contributed by atoms with Crippen molar-refractivity contribution in [3.63, 3.8) is 0 Å². The van der Waals surface area contributed by atoms with Crippen LogP contribution in [0.4, 0.5) is 32.0 Å². The summed E-state index contributed by atoms with van der Waals surface area (Å²) in [6.45, 7) is 1.75. The number of anilines is 1. The van der Waals surface area contributed by atoms with E-state index in [1.807, 2.05) is 0 Å². The molecule has 34 heavy (non-hydrogen) atoms. The van der Waals surface area contributed by atoms with Crippen molar-refractivity contribution in [1.29, 1.82) is 0 Å². The number of β-lactam (4-membered cyclic amide) rings is 1. The maximum absolute atomic E-state index is 13.9. The average molecular weight is 592 g/mol. The van der Waals surface area contributed by atoms with Crippen molar-refractivity contribution in [3.05, 3.63) is 45.0 Å². The number of hydrogen-bond acceptors (Lipinski definition) is 5. The van der Waals surface area contributed by atoms with Crippen molar-refractivity contribution in [2.75, 3.05) is 24.5 Å². The first kappa shape index (κ1) is 25.4. The molecule has 3 unspecified atom stereocenters. The van der Waals surface area contributed by atoms with Gasteiger partial charge in [-0.05, 0) is 47.1 Å². The highest BCUT2D eigenvalue weighted by molar-refractivity contribution is 9.11. The highest BCUT2D eigenvalue weighted by Crippen LogP contribution is 2.49. The van der Waals surface area contributed by atoms with Gasteiger partial charge in [-0.2, -0.15) is 22.0 Å². The lowest BCUT2D eigenvalue weighted by Gasteiger charge is -2.43. The second-order valence-corrected chi connectivity index (χ2v) is 11.9. The molecule has 0 saturated carbocycles. The van der Waals surface area contributed by atoms with E-state index in [1.54, 1.807) is 6.92 Å². The lowest BCUT2D eigenvalue weighted by Crippen LogP contribution is -2.75. The van der Waals surface area contributed by atoms with Crippen LogP contribution in [0, 0.1) is 5.82 Å². The number of carbonyl (C=O) groups is 1. The molecule has 2 fully saturated rings. The number of hydrogen-bond donors (Lipinski definition) is 2. The van der Waals surface area contributed by atoms with Crippen LogP contribution in [-0.2, 0) is 27.6 Å². The Morgan fingerprint density at radius 3 is 2.50 bits per heavy atom. The van der Waals surface area contributed by atoms with Crippen LogP contribution in [0.1, 0.15) is 18.1 Å². The first-order valence-electron chi connectivity index (χ1n) is 9.69. The number of halogens is 7. The standard InChI is InChI=1S/C19H16BrF6N3O3S2/c1-9-8-28(13-3-2-10(21)6-11(13)18(22,23)24)4-5-29(9)34(32)14-7-12(15(20)33-14)17(31)16(30)27-19(17,25)26/h2-3,6-7,9,31H,4-5,8H2,1H3,(H,27,30). The van der Waals surface area contributed by atoms with Crippen LogP contribution in [0.5, 0.6) is 0 Å². The molecule has 2 saturated heterocycles. The Labute approximate surface area is 204 Å². The maximum atomic E-state index is 13.9. The molecule has 1 aromatic carbocycles. The van der Waals surface area contributed by atoms with E-state index in [2.05, 4.69) is 15.9 Å². The van der Waals surface area contributed by atoms with Crippen molar-refractivity contribution in [3.8, 4) is 0 Å². The van der Waals surface area contributed by atoms with Crippen LogP contribution in [0.2, 0.25) is 0 Å². The number of rotatable bonds is 4. The molecule has 3 heterocycles. The van der Waals surface area contributed by atoms with Gasteiger partial charge in [0.05, 0.1) is 9.35 Å². The molecular weight excluding hydrogens is 576 g/mol. The largest absolute Gasteiger partial charge is 0.418 e. The third kappa shape index (κ3) is 4.04. The zero-order valence-corrected chi connectivity index (χ0v) is 20.3. The summed E-state index contributed by atoms with van der Waals surface area (Å²) >= 11 is 3.83. The number of amides is 1. The Hall–Kier alpha value is -1.68. The Kier molecular flexibility index (Phi) is 6.33. The summed E-state index contributed by atoms with van der Waals surface area (Å²) in [6, 6.07) is -0.991. The van der Waals surface area contributed by atoms with Crippen LogP contribution >= 0.6 is 27.3 Å². The number of alkyl halides is 5. The van der Waals surface area contributed by atoms with E-state index in [-0.39, 0.29) is 33.3 Å². The fourth-order valence-electron chi connectivity index (χ4n) is 3.91. The van der Waals surface area contributed by atoms with Gasteiger partial charge in [-0.1, -0.05) is 0 Å². The average Bonchev–Trinajstić information content (AvgIpc) is 3.13. The summed E-state index contributed by atoms with van der Waals surface area (Å²) < 4.78 is 96.1. The molecule has 186 valence electrons. The third-order valence-corrected chi connectivity index (χ3v) is 9.40. The quantitative estimate of drug-likeness (QED) is 0.322. The van der Waals surface area contributed by atoms with Crippen LogP contribution in [0.15, 0.2) is 32.3 Å². The number of piperazine rings is 1. The smallest absolute Gasteiger partial charge is 0.369 e. The van der Waals surface area contributed by atoms with Crippen molar-refractivity contribution in [2.24, 2.45) is 0 Å². The summed E-state index contributed by atoms with van der Waals surface area (Å²) in [7, 11) is -1.91. The van der Waals surface area contributed by atoms with E-state index in [4.69, 9.17) is 0 Å². The van der Waals surface area contributed by atoms with E-state index in [9.17, 15) is 40.5 Å². The molecule has 4 rings (SSSR count). The third-order valence-electron chi connectivity index (χ3n) is 5.66. The van der Waals surface area contributed by atoms with Crippen molar-refractivity contribution >= 4 is 49.8 Å². The predicted molar refractivity (Wildman–Crippen MR) is 115 cm³/mol. The molecule has 15 heteroatoms. The van der Waals surface area contributed by atoms with Crippen LogP contribution in [0.3, 0.4) is 0 Å². The number of nitrogens with zero attached hydrogens (tertiary/aromatic N) is 2. The van der Waals surface area contributed by atoms with Gasteiger partial charge in [-0.3, -0.25) is 10.1 Å². The second kappa shape index (κ2) is 8.47. The first-order valence-corrected chi connectivity index (χ1v) is 12.4. The topological polar surface area (TPSA) is 72.9 Å². The lowest BCUT2D eigenvalue weighted by atomic mass is 9.86. The zero-order chi connectivity index (χ0) is 25.2. The summed E-state index contributed by atoms with van der Waals surface area (Å²) in [5.74, 6) is -2.31. The van der Waals surface area contributed by atoms with Gasteiger partial charge in [0, 0.05) is 36.9 Å². The number of thiophene rings is 1. The minimum atomic E-state index is -4.77. The maximum Gasteiger partial charge on any atom is 0.418 e. The summed E-state index contributed by atoms with van der Waals surface area (Å²) in [6.07, 6.45) is -4.77. The summed E-state index contributed by atoms with van der Waals surface area (Å²) in [5, 5.41) is 11.6. The molecule has 3 atom stereocenters. The molecule has 2 aliphatic rings. The molecule has 0 bridgehead atoms. The van der Waals surface area contributed by atoms with Gasteiger partial charge in [-0.25, -0.2) is 12.9 Å². The van der Waals surface area contributed by atoms with Gasteiger partial charge in [0.25, 0.3) is 11.5 Å². The summed E-state index contributed by atoms with van der Waals surface area (Å²) in [5.41, 5.74) is -4.85. The van der Waals surface area contributed by atoms with E-state index in [0.29, 0.717) is 6.07 Å². The van der Waals surface area contributed by atoms with Crippen LogP contribution in [-0.4, -0.2) is 51.3 Å². The first-order chi connectivity index (χ1) is 15.7. The molecule has 1 amide bonds. The minimum Gasteiger partial charge on any atom is -0.369 e. The molecule has 0 radical (unpaired) electrons. The molecule has 6 nitrogen and oxygen atoms in total. The van der Waals surface area contributed by atoms with Gasteiger partial charge in [0.15, 0.2) is 0 Å². The SMILES string of the molecule is CC1CN(c2ccc(F)cc2C(F)(F)F)CCN1S(=O)c1cc(C2(O)C(=O)NC2(F)F)c(Br)s1. The molecule has 2 aliphatic heterocycles. The van der Waals surface area contributed by atoms with Crippen LogP contribution < -0.4 is 10.2 Å². The van der Waals surface area contributed by atoms with Crippen molar-refractivity contribution in [2.45, 2.75) is 35.0 Å². The molecule has 0 aliphatic carbocycles. The Bertz CT molecular complexity index is 1180. The van der Waals surface area contributed by atoms with E-state index >= 15 is 0 Å². The number of aliphatic hydroxyl groups is 1. The van der Waals surface area contributed by atoms with Crippen molar-refractivity contribution in [1.82, 2.24) is 9.62 Å². The Balaban J connectivity index is 1.55. The van der Waals surface area contributed by atoms with Crippen LogP contribution in [0.25, 0.3) is 0 Å². The Morgan fingerprint density at radius 2 is 1.94 bits per heavy atom. The highest BCUT2D eigenvalue weighted by Gasteiger charge is 2.71. The number of nitrogens with one attached hydrogen (secondary N) is 1. The minimum absolute atomic E-state index is 0.000273. The van der Waals surface area contributed by atoms with E-state index in [1.165, 1.54) is 14.5 Å². The molecule has 0 spiro atoms. The highest BCUT2D eigenvalue weighted by atomic mass is 79.9. The fraction of sp³-hybridized carbons (Fsp3) is 0.421. The van der Waals surface area contributed by atoms with E-state index in [0.717, 1.165) is 29.5 Å². The van der Waals surface area contributed by atoms with E-state index < -0.39 is 57.7 Å². The normalized spacial score (nSPS) is 26.2. The molecule has 1 aromatic heterocycles. The fourth-order valence-corrected chi connectivity index (χ4v) is 7.74. The molecule has 2 aromatic rings. The van der Waals surface area contributed by atoms with Gasteiger partial charge >= 0.3 is 12.2 Å². The molecular formula is C19H16BrF6N3O3S2. The van der Waals surface area contributed by atoms with Gasteiger partial charge in [0.2, 0.25) is 0 Å². The Morgan fingerprint density at radius 1 is 1.26 bits per heavy atom. The monoisotopic (exact) mass is 591 g/mol. The van der Waals surface area contributed by atoms with Gasteiger partial charge in [-0.15, -0.1) is 11.3 Å². The number of benzene rings is 1. The van der Waals surface area contributed by atoms with Crippen molar-refractivity contribution < 1.29 is 40.5 Å². The van der Waals surface area contributed by atoms with Gasteiger partial charge < -0.3 is 10.0 Å². The predicted octanol–water partition coefficient (Wildman–Crippen LogP) is 3.81. The summed E-state index contributed by atoms with van der Waals surface area (Å²) in [4.78, 5) is 13.1. The second-order valence-electron chi connectivity index (χ2n) is 7.84. The molecule has 2 N–H and O–H groups in total. The van der Waals surface area contributed by atoms with Gasteiger partial charge in [0.1, 0.15) is 21.0 Å². The lowest BCUT2D eigenvalue weighted by molar-refractivity contribution is -0.252.